The van der Waals surface area contributed by atoms with E-state index < -0.39 is 10.0 Å². The Morgan fingerprint density at radius 2 is 1.84 bits per heavy atom. The number of primary sulfonamides is 1. The molecule has 102 valence electrons. The lowest BCUT2D eigenvalue weighted by Crippen LogP contribution is -2.12. The molecule has 0 unspecified atom stereocenters. The predicted molar refractivity (Wildman–Crippen MR) is 82.0 cm³/mol. The number of halogens is 1. The van der Waals surface area contributed by atoms with Crippen LogP contribution in [-0.2, 0) is 16.4 Å². The first kappa shape index (κ1) is 14.5. The fraction of sp³-hybridized carbons (Fsp3) is 0.167. The summed E-state index contributed by atoms with van der Waals surface area (Å²) < 4.78 is 23.3. The van der Waals surface area contributed by atoms with Crippen molar-refractivity contribution >= 4 is 43.0 Å². The monoisotopic (exact) mass is 360 g/mol. The molecule has 0 saturated heterocycles. The van der Waals surface area contributed by atoms with Crippen LogP contribution in [-0.4, -0.2) is 15.0 Å². The van der Waals surface area contributed by atoms with E-state index >= 15 is 0 Å². The number of nitrogens with one attached hydrogen (secondary N) is 1. The zero-order chi connectivity index (χ0) is 13.9. The molecule has 0 aliphatic rings. The molecule has 0 amide bonds. The zero-order valence-electron chi connectivity index (χ0n) is 9.97. The molecule has 1 heterocycles. The van der Waals surface area contributed by atoms with Gasteiger partial charge in [-0.3, -0.25) is 0 Å². The topological polar surface area (TPSA) is 72.2 Å². The van der Waals surface area contributed by atoms with Crippen molar-refractivity contribution < 1.29 is 8.42 Å². The van der Waals surface area contributed by atoms with E-state index in [2.05, 4.69) is 27.3 Å². The standard InChI is InChI=1S/C12H13BrN2O2S2/c13-12-6-3-10(18-12)7-8-15-9-1-4-11(5-2-9)19(14,16)17/h1-6,15H,7-8H2,(H2,14,16,17). The van der Waals surface area contributed by atoms with Gasteiger partial charge in [0.1, 0.15) is 0 Å². The molecule has 7 heteroatoms. The van der Waals surface area contributed by atoms with E-state index in [0.717, 1.165) is 22.4 Å². The van der Waals surface area contributed by atoms with Crippen molar-refractivity contribution in [2.24, 2.45) is 5.14 Å². The minimum atomic E-state index is -3.61. The third-order valence-corrected chi connectivity index (χ3v) is 5.12. The SMILES string of the molecule is NS(=O)(=O)c1ccc(NCCc2ccc(Br)s2)cc1. The maximum atomic E-state index is 11.1. The van der Waals surface area contributed by atoms with E-state index in [-0.39, 0.29) is 4.90 Å². The van der Waals surface area contributed by atoms with Crippen molar-refractivity contribution in [3.05, 3.63) is 45.1 Å². The number of hydrogen-bond donors (Lipinski definition) is 2. The lowest BCUT2D eigenvalue weighted by Gasteiger charge is -2.06. The van der Waals surface area contributed by atoms with Crippen LogP contribution in [0.5, 0.6) is 0 Å². The minimum absolute atomic E-state index is 0.125. The average Bonchev–Trinajstić information content (AvgIpc) is 2.75. The summed E-state index contributed by atoms with van der Waals surface area (Å²) in [7, 11) is -3.61. The molecule has 0 atom stereocenters. The first-order chi connectivity index (χ1) is 8.95. The molecule has 1 aromatic carbocycles. The van der Waals surface area contributed by atoms with Crippen LogP contribution in [0.1, 0.15) is 4.88 Å². The fourth-order valence-corrected chi connectivity index (χ4v) is 3.58. The Kier molecular flexibility index (Phi) is 4.62. The number of hydrogen-bond acceptors (Lipinski definition) is 4. The maximum absolute atomic E-state index is 11.1. The van der Waals surface area contributed by atoms with Gasteiger partial charge in [-0.05, 0) is 58.7 Å². The fourth-order valence-electron chi connectivity index (χ4n) is 1.58. The van der Waals surface area contributed by atoms with Crippen molar-refractivity contribution in [2.75, 3.05) is 11.9 Å². The summed E-state index contributed by atoms with van der Waals surface area (Å²) in [6, 6.07) is 10.5. The molecule has 4 nitrogen and oxygen atoms in total. The molecule has 3 N–H and O–H groups in total. The Labute approximate surface area is 124 Å². The van der Waals surface area contributed by atoms with Crippen LogP contribution in [0.4, 0.5) is 5.69 Å². The molecular weight excluding hydrogens is 348 g/mol. The Hall–Kier alpha value is -0.890. The quantitative estimate of drug-likeness (QED) is 0.860. The van der Waals surface area contributed by atoms with Gasteiger partial charge in [0.25, 0.3) is 0 Å². The predicted octanol–water partition coefficient (Wildman–Crippen LogP) is 2.81. The van der Waals surface area contributed by atoms with Gasteiger partial charge >= 0.3 is 0 Å². The van der Waals surface area contributed by atoms with Crippen LogP contribution >= 0.6 is 27.3 Å². The molecule has 0 bridgehead atoms. The summed E-state index contributed by atoms with van der Waals surface area (Å²) in [5.41, 5.74) is 0.878. The number of benzene rings is 1. The Morgan fingerprint density at radius 1 is 1.16 bits per heavy atom. The van der Waals surface area contributed by atoms with Crippen LogP contribution in [0.25, 0.3) is 0 Å². The highest BCUT2D eigenvalue weighted by Gasteiger charge is 2.06. The zero-order valence-corrected chi connectivity index (χ0v) is 13.2. The highest BCUT2D eigenvalue weighted by molar-refractivity contribution is 9.11. The second kappa shape index (κ2) is 6.04. The van der Waals surface area contributed by atoms with Gasteiger partial charge in [-0.15, -0.1) is 11.3 Å². The van der Waals surface area contributed by atoms with E-state index in [1.807, 2.05) is 6.07 Å². The molecule has 0 fully saturated rings. The number of rotatable bonds is 5. The summed E-state index contributed by atoms with van der Waals surface area (Å²) in [6.07, 6.45) is 0.924. The lowest BCUT2D eigenvalue weighted by molar-refractivity contribution is 0.598. The van der Waals surface area contributed by atoms with Gasteiger partial charge in [0.15, 0.2) is 0 Å². The normalized spacial score (nSPS) is 11.5. The lowest BCUT2D eigenvalue weighted by atomic mass is 10.3. The summed E-state index contributed by atoms with van der Waals surface area (Å²) in [6.45, 7) is 0.793. The summed E-state index contributed by atoms with van der Waals surface area (Å²) >= 11 is 5.13. The summed E-state index contributed by atoms with van der Waals surface area (Å²) in [5.74, 6) is 0. The third kappa shape index (κ3) is 4.31. The first-order valence-corrected chi connectivity index (χ1v) is 8.72. The van der Waals surface area contributed by atoms with Gasteiger partial charge in [-0.2, -0.15) is 0 Å². The minimum Gasteiger partial charge on any atom is -0.385 e. The van der Waals surface area contributed by atoms with Gasteiger partial charge in [-0.25, -0.2) is 13.6 Å². The molecule has 0 saturated carbocycles. The van der Waals surface area contributed by atoms with Crippen LogP contribution < -0.4 is 10.5 Å². The van der Waals surface area contributed by atoms with Crippen LogP contribution in [0.3, 0.4) is 0 Å². The van der Waals surface area contributed by atoms with E-state index in [9.17, 15) is 8.42 Å². The molecule has 0 aliphatic carbocycles. The van der Waals surface area contributed by atoms with Crippen molar-refractivity contribution in [1.29, 1.82) is 0 Å². The largest absolute Gasteiger partial charge is 0.385 e. The Bertz CT molecular complexity index is 651. The van der Waals surface area contributed by atoms with E-state index in [1.165, 1.54) is 17.0 Å². The number of anilines is 1. The van der Waals surface area contributed by atoms with Crippen LogP contribution in [0.15, 0.2) is 45.1 Å². The van der Waals surface area contributed by atoms with Crippen molar-refractivity contribution in [3.8, 4) is 0 Å². The second-order valence-electron chi connectivity index (χ2n) is 3.95. The molecule has 0 radical (unpaired) electrons. The van der Waals surface area contributed by atoms with Crippen LogP contribution in [0.2, 0.25) is 0 Å². The summed E-state index contributed by atoms with van der Waals surface area (Å²) in [4.78, 5) is 1.42. The molecule has 2 aromatic rings. The van der Waals surface area contributed by atoms with Crippen molar-refractivity contribution in [1.82, 2.24) is 0 Å². The smallest absolute Gasteiger partial charge is 0.238 e. The molecule has 2 rings (SSSR count). The Morgan fingerprint density at radius 3 is 2.37 bits per heavy atom. The van der Waals surface area contributed by atoms with Gasteiger partial charge in [0.2, 0.25) is 10.0 Å². The second-order valence-corrected chi connectivity index (χ2v) is 8.06. The number of nitrogens with two attached hydrogens (primary N) is 1. The van der Waals surface area contributed by atoms with Gasteiger partial charge < -0.3 is 5.32 Å². The molecule has 0 aliphatic heterocycles. The third-order valence-electron chi connectivity index (χ3n) is 2.51. The average molecular weight is 361 g/mol. The number of thiophene rings is 1. The maximum Gasteiger partial charge on any atom is 0.238 e. The van der Waals surface area contributed by atoms with Crippen molar-refractivity contribution in [2.45, 2.75) is 11.3 Å². The molecular formula is C12H13BrN2O2S2. The van der Waals surface area contributed by atoms with Gasteiger partial charge in [0.05, 0.1) is 8.68 Å². The molecule has 19 heavy (non-hydrogen) atoms. The molecule has 1 aromatic heterocycles. The van der Waals surface area contributed by atoms with E-state index in [4.69, 9.17) is 5.14 Å². The Balaban J connectivity index is 1.90. The van der Waals surface area contributed by atoms with Crippen molar-refractivity contribution in [3.63, 3.8) is 0 Å². The van der Waals surface area contributed by atoms with E-state index in [1.54, 1.807) is 23.5 Å². The summed E-state index contributed by atoms with van der Waals surface area (Å²) in [5, 5.41) is 8.27. The van der Waals surface area contributed by atoms with Gasteiger partial charge in [-0.1, -0.05) is 0 Å². The van der Waals surface area contributed by atoms with Crippen LogP contribution in [0, 0.1) is 0 Å². The first-order valence-electron chi connectivity index (χ1n) is 5.56. The highest BCUT2D eigenvalue weighted by Crippen LogP contribution is 2.22. The van der Waals surface area contributed by atoms with E-state index in [0.29, 0.717) is 0 Å². The molecule has 0 spiro atoms. The van der Waals surface area contributed by atoms with Gasteiger partial charge in [0, 0.05) is 17.1 Å². The highest BCUT2D eigenvalue weighted by atomic mass is 79.9. The number of sulfonamides is 1.